The van der Waals surface area contributed by atoms with Crippen molar-refractivity contribution in [2.75, 3.05) is 6.54 Å². The molecule has 1 unspecified atom stereocenters. The highest BCUT2D eigenvalue weighted by molar-refractivity contribution is 5.24. The minimum absolute atomic E-state index is 0.524. The molecule has 0 aromatic carbocycles. The first kappa shape index (κ1) is 13.5. The van der Waals surface area contributed by atoms with Gasteiger partial charge in [-0.1, -0.05) is 26.2 Å². The van der Waals surface area contributed by atoms with Gasteiger partial charge in [-0.3, -0.25) is 4.98 Å². The standard InChI is InChI=1S/C16H26N2/c1-4-17-16(14-8-6-5-7-9-14)15-10-12(2)18-13(3)11-15/h10-11,14,16-17H,4-9H2,1-3H3. The number of pyridine rings is 1. The molecule has 2 rings (SSSR count). The molecule has 1 aliphatic rings. The van der Waals surface area contributed by atoms with Crippen molar-refractivity contribution in [3.05, 3.63) is 29.1 Å². The summed E-state index contributed by atoms with van der Waals surface area (Å²) in [6.45, 7) is 7.44. The maximum absolute atomic E-state index is 4.49. The summed E-state index contributed by atoms with van der Waals surface area (Å²) < 4.78 is 0. The molecule has 2 nitrogen and oxygen atoms in total. The van der Waals surface area contributed by atoms with Crippen molar-refractivity contribution in [2.24, 2.45) is 5.92 Å². The van der Waals surface area contributed by atoms with Gasteiger partial charge in [-0.05, 0) is 56.8 Å². The van der Waals surface area contributed by atoms with Crippen molar-refractivity contribution < 1.29 is 0 Å². The summed E-state index contributed by atoms with van der Waals surface area (Å²) in [5.74, 6) is 0.805. The number of nitrogens with zero attached hydrogens (tertiary/aromatic N) is 1. The Morgan fingerprint density at radius 3 is 2.33 bits per heavy atom. The Morgan fingerprint density at radius 2 is 1.78 bits per heavy atom. The smallest absolute Gasteiger partial charge is 0.0379 e. The maximum Gasteiger partial charge on any atom is 0.0379 e. The van der Waals surface area contributed by atoms with Gasteiger partial charge in [0.25, 0.3) is 0 Å². The van der Waals surface area contributed by atoms with Crippen LogP contribution in [0.15, 0.2) is 12.1 Å². The van der Waals surface area contributed by atoms with E-state index in [1.807, 2.05) is 0 Å². The van der Waals surface area contributed by atoms with E-state index in [1.165, 1.54) is 37.7 Å². The normalized spacial score (nSPS) is 18.8. The third-order valence-electron chi connectivity index (χ3n) is 4.01. The van der Waals surface area contributed by atoms with Crippen LogP contribution in [0.2, 0.25) is 0 Å². The van der Waals surface area contributed by atoms with Crippen LogP contribution in [-0.4, -0.2) is 11.5 Å². The summed E-state index contributed by atoms with van der Waals surface area (Å²) in [7, 11) is 0. The lowest BCUT2D eigenvalue weighted by molar-refractivity contribution is 0.274. The molecule has 100 valence electrons. The minimum Gasteiger partial charge on any atom is -0.310 e. The molecule has 0 bridgehead atoms. The highest BCUT2D eigenvalue weighted by Crippen LogP contribution is 2.34. The van der Waals surface area contributed by atoms with Crippen LogP contribution in [0.5, 0.6) is 0 Å². The van der Waals surface area contributed by atoms with Crippen molar-refractivity contribution >= 4 is 0 Å². The molecular formula is C16H26N2. The van der Waals surface area contributed by atoms with E-state index in [1.54, 1.807) is 0 Å². The molecule has 0 saturated heterocycles. The topological polar surface area (TPSA) is 24.9 Å². The molecule has 18 heavy (non-hydrogen) atoms. The summed E-state index contributed by atoms with van der Waals surface area (Å²) in [6.07, 6.45) is 6.96. The number of nitrogens with one attached hydrogen (secondary N) is 1. The number of rotatable bonds is 4. The molecule has 0 amide bonds. The molecule has 1 atom stereocenters. The lowest BCUT2D eigenvalue weighted by Crippen LogP contribution is -2.29. The van der Waals surface area contributed by atoms with Gasteiger partial charge < -0.3 is 5.32 Å². The molecule has 2 heteroatoms. The minimum atomic E-state index is 0.524. The lowest BCUT2D eigenvalue weighted by Gasteiger charge is -2.31. The molecule has 1 aliphatic carbocycles. The van der Waals surface area contributed by atoms with Crippen LogP contribution in [0.1, 0.15) is 62.0 Å². The first-order valence-electron chi connectivity index (χ1n) is 7.39. The highest BCUT2D eigenvalue weighted by Gasteiger charge is 2.24. The molecule has 0 radical (unpaired) electrons. The van der Waals surface area contributed by atoms with Gasteiger partial charge in [-0.2, -0.15) is 0 Å². The Labute approximate surface area is 111 Å². The fourth-order valence-electron chi connectivity index (χ4n) is 3.29. The van der Waals surface area contributed by atoms with Gasteiger partial charge in [0, 0.05) is 17.4 Å². The van der Waals surface area contributed by atoms with Crippen LogP contribution in [0.3, 0.4) is 0 Å². The van der Waals surface area contributed by atoms with E-state index in [0.29, 0.717) is 6.04 Å². The number of aryl methyl sites for hydroxylation is 2. The van der Waals surface area contributed by atoms with Gasteiger partial charge >= 0.3 is 0 Å². The number of hydrogen-bond acceptors (Lipinski definition) is 2. The van der Waals surface area contributed by atoms with Crippen LogP contribution in [0.25, 0.3) is 0 Å². The SMILES string of the molecule is CCNC(c1cc(C)nc(C)c1)C1CCCCC1. The summed E-state index contributed by atoms with van der Waals surface area (Å²) in [6, 6.07) is 5.04. The van der Waals surface area contributed by atoms with Crippen LogP contribution in [-0.2, 0) is 0 Å². The molecule has 0 aliphatic heterocycles. The van der Waals surface area contributed by atoms with Crippen molar-refractivity contribution in [3.63, 3.8) is 0 Å². The van der Waals surface area contributed by atoms with Crippen molar-refractivity contribution in [3.8, 4) is 0 Å². The van der Waals surface area contributed by atoms with E-state index in [4.69, 9.17) is 0 Å². The molecule has 1 aromatic heterocycles. The molecule has 1 N–H and O–H groups in total. The van der Waals surface area contributed by atoms with Gasteiger partial charge in [-0.25, -0.2) is 0 Å². The average Bonchev–Trinajstić information content (AvgIpc) is 2.36. The van der Waals surface area contributed by atoms with E-state index in [9.17, 15) is 0 Å². The molecule has 0 spiro atoms. The predicted octanol–water partition coefficient (Wildman–Crippen LogP) is 3.93. The van der Waals surface area contributed by atoms with Gasteiger partial charge in [-0.15, -0.1) is 0 Å². The zero-order chi connectivity index (χ0) is 13.0. The van der Waals surface area contributed by atoms with Gasteiger partial charge in [0.05, 0.1) is 0 Å². The van der Waals surface area contributed by atoms with E-state index < -0.39 is 0 Å². The van der Waals surface area contributed by atoms with Crippen LogP contribution >= 0.6 is 0 Å². The largest absolute Gasteiger partial charge is 0.310 e. The van der Waals surface area contributed by atoms with Crippen molar-refractivity contribution in [1.29, 1.82) is 0 Å². The monoisotopic (exact) mass is 246 g/mol. The third-order valence-corrected chi connectivity index (χ3v) is 4.01. The quantitative estimate of drug-likeness (QED) is 0.870. The van der Waals surface area contributed by atoms with Gasteiger partial charge in [0.2, 0.25) is 0 Å². The Balaban J connectivity index is 2.22. The van der Waals surface area contributed by atoms with E-state index in [-0.39, 0.29) is 0 Å². The number of aromatic nitrogens is 1. The van der Waals surface area contributed by atoms with Crippen molar-refractivity contribution in [2.45, 2.75) is 58.9 Å². The molecule has 1 fully saturated rings. The Morgan fingerprint density at radius 1 is 1.17 bits per heavy atom. The Hall–Kier alpha value is -0.890. The summed E-state index contributed by atoms with van der Waals surface area (Å²) in [5, 5.41) is 3.70. The highest BCUT2D eigenvalue weighted by atomic mass is 14.9. The second-order valence-electron chi connectivity index (χ2n) is 5.62. The fraction of sp³-hybridized carbons (Fsp3) is 0.688. The second-order valence-corrected chi connectivity index (χ2v) is 5.62. The summed E-state index contributed by atoms with van der Waals surface area (Å²) in [5.41, 5.74) is 3.72. The Bertz CT molecular complexity index is 360. The van der Waals surface area contributed by atoms with Gasteiger partial charge in [0.1, 0.15) is 0 Å². The first-order chi connectivity index (χ1) is 8.70. The van der Waals surface area contributed by atoms with Crippen LogP contribution < -0.4 is 5.32 Å². The average molecular weight is 246 g/mol. The zero-order valence-corrected chi connectivity index (χ0v) is 12.0. The van der Waals surface area contributed by atoms with Gasteiger partial charge in [0.15, 0.2) is 0 Å². The van der Waals surface area contributed by atoms with E-state index in [2.05, 4.69) is 43.2 Å². The molecule has 1 aromatic rings. The molecule has 1 saturated carbocycles. The first-order valence-corrected chi connectivity index (χ1v) is 7.39. The summed E-state index contributed by atoms with van der Waals surface area (Å²) >= 11 is 0. The lowest BCUT2D eigenvalue weighted by atomic mass is 9.81. The Kier molecular flexibility index (Phi) is 4.76. The van der Waals surface area contributed by atoms with Crippen LogP contribution in [0.4, 0.5) is 0 Å². The van der Waals surface area contributed by atoms with E-state index in [0.717, 1.165) is 23.9 Å². The molecular weight excluding hydrogens is 220 g/mol. The van der Waals surface area contributed by atoms with Crippen LogP contribution in [0, 0.1) is 19.8 Å². The third kappa shape index (κ3) is 3.32. The van der Waals surface area contributed by atoms with Crippen molar-refractivity contribution in [1.82, 2.24) is 10.3 Å². The summed E-state index contributed by atoms with van der Waals surface area (Å²) in [4.78, 5) is 4.49. The maximum atomic E-state index is 4.49. The van der Waals surface area contributed by atoms with E-state index >= 15 is 0 Å². The molecule has 1 heterocycles. The second kappa shape index (κ2) is 6.33. The fourth-order valence-corrected chi connectivity index (χ4v) is 3.29. The number of hydrogen-bond donors (Lipinski definition) is 1. The predicted molar refractivity (Wildman–Crippen MR) is 76.7 cm³/mol. The zero-order valence-electron chi connectivity index (χ0n) is 12.0.